The molecule has 0 saturated heterocycles. The van der Waals surface area contributed by atoms with Crippen LogP contribution in [-0.2, 0) is 9.59 Å². The van der Waals surface area contributed by atoms with Gasteiger partial charge in [-0.05, 0) is 13.3 Å². The van der Waals surface area contributed by atoms with E-state index in [2.05, 4.69) is 0 Å². The summed E-state index contributed by atoms with van der Waals surface area (Å²) in [7, 11) is 0. The molecule has 5 nitrogen and oxygen atoms in total. The SMILES string of the molecule is CCC(CN)C(=O)N(CC)CCC(=O)O. The van der Waals surface area contributed by atoms with Gasteiger partial charge in [-0.2, -0.15) is 0 Å². The molecule has 1 amide bonds. The summed E-state index contributed by atoms with van der Waals surface area (Å²) in [6.45, 7) is 4.85. The fourth-order valence-corrected chi connectivity index (χ4v) is 1.36. The van der Waals surface area contributed by atoms with Crippen molar-refractivity contribution in [2.24, 2.45) is 11.7 Å². The van der Waals surface area contributed by atoms with Gasteiger partial charge in [0.2, 0.25) is 5.91 Å². The van der Waals surface area contributed by atoms with Crippen LogP contribution in [0, 0.1) is 5.92 Å². The fourth-order valence-electron chi connectivity index (χ4n) is 1.36. The van der Waals surface area contributed by atoms with Crippen molar-refractivity contribution in [1.29, 1.82) is 0 Å². The third-order valence-corrected chi connectivity index (χ3v) is 2.42. The Balaban J connectivity index is 4.25. The van der Waals surface area contributed by atoms with E-state index >= 15 is 0 Å². The molecule has 5 heteroatoms. The number of amides is 1. The summed E-state index contributed by atoms with van der Waals surface area (Å²) < 4.78 is 0. The number of nitrogens with zero attached hydrogens (tertiary/aromatic N) is 1. The first kappa shape index (κ1) is 13.9. The summed E-state index contributed by atoms with van der Waals surface area (Å²) in [4.78, 5) is 23.7. The minimum Gasteiger partial charge on any atom is -0.481 e. The first-order valence-corrected chi connectivity index (χ1v) is 5.27. The summed E-state index contributed by atoms with van der Waals surface area (Å²) in [6.07, 6.45) is 0.680. The maximum absolute atomic E-state index is 11.8. The Labute approximate surface area is 90.2 Å². The molecule has 15 heavy (non-hydrogen) atoms. The maximum Gasteiger partial charge on any atom is 0.305 e. The van der Waals surface area contributed by atoms with Crippen molar-refractivity contribution in [3.05, 3.63) is 0 Å². The second kappa shape index (κ2) is 7.23. The predicted molar refractivity (Wildman–Crippen MR) is 57.3 cm³/mol. The number of nitrogens with two attached hydrogens (primary N) is 1. The first-order valence-electron chi connectivity index (χ1n) is 5.27. The van der Waals surface area contributed by atoms with Crippen LogP contribution in [0.4, 0.5) is 0 Å². The first-order chi connectivity index (χ1) is 7.06. The van der Waals surface area contributed by atoms with Crippen LogP contribution >= 0.6 is 0 Å². The monoisotopic (exact) mass is 216 g/mol. The zero-order valence-corrected chi connectivity index (χ0v) is 9.40. The van der Waals surface area contributed by atoms with Crippen LogP contribution in [-0.4, -0.2) is 41.5 Å². The largest absolute Gasteiger partial charge is 0.481 e. The second-order valence-electron chi connectivity index (χ2n) is 3.40. The molecule has 0 fully saturated rings. The third-order valence-electron chi connectivity index (χ3n) is 2.42. The average molecular weight is 216 g/mol. The van der Waals surface area contributed by atoms with Crippen molar-refractivity contribution < 1.29 is 14.7 Å². The van der Waals surface area contributed by atoms with Gasteiger partial charge in [0.1, 0.15) is 0 Å². The summed E-state index contributed by atoms with van der Waals surface area (Å²) in [5, 5.41) is 8.53. The van der Waals surface area contributed by atoms with Crippen molar-refractivity contribution in [2.45, 2.75) is 26.7 Å². The lowest BCUT2D eigenvalue weighted by Crippen LogP contribution is -2.39. The molecule has 0 radical (unpaired) electrons. The Hall–Kier alpha value is -1.10. The van der Waals surface area contributed by atoms with Crippen LogP contribution < -0.4 is 5.73 Å². The van der Waals surface area contributed by atoms with E-state index in [1.54, 1.807) is 4.90 Å². The van der Waals surface area contributed by atoms with E-state index in [0.29, 0.717) is 19.5 Å². The molecule has 0 heterocycles. The molecule has 1 atom stereocenters. The fraction of sp³-hybridized carbons (Fsp3) is 0.800. The van der Waals surface area contributed by atoms with E-state index in [0.717, 1.165) is 0 Å². The third kappa shape index (κ3) is 4.78. The van der Waals surface area contributed by atoms with Crippen molar-refractivity contribution in [3.63, 3.8) is 0 Å². The van der Waals surface area contributed by atoms with Gasteiger partial charge in [0, 0.05) is 19.6 Å². The van der Waals surface area contributed by atoms with Gasteiger partial charge >= 0.3 is 5.97 Å². The number of aliphatic carboxylic acids is 1. The summed E-state index contributed by atoms with van der Waals surface area (Å²) in [5.74, 6) is -1.11. The second-order valence-corrected chi connectivity index (χ2v) is 3.40. The van der Waals surface area contributed by atoms with Crippen molar-refractivity contribution in [3.8, 4) is 0 Å². The molecule has 88 valence electrons. The highest BCUT2D eigenvalue weighted by Crippen LogP contribution is 2.06. The minimum atomic E-state index is -0.887. The summed E-state index contributed by atoms with van der Waals surface area (Å²) in [5.41, 5.74) is 5.47. The van der Waals surface area contributed by atoms with Gasteiger partial charge in [-0.1, -0.05) is 6.92 Å². The molecule has 0 aromatic rings. The number of hydrogen-bond donors (Lipinski definition) is 2. The van der Waals surface area contributed by atoms with E-state index in [-0.39, 0.29) is 24.8 Å². The van der Waals surface area contributed by atoms with Crippen LogP contribution in [0.25, 0.3) is 0 Å². The molecule has 0 aliphatic carbocycles. The van der Waals surface area contributed by atoms with Crippen molar-refractivity contribution >= 4 is 11.9 Å². The number of carbonyl (C=O) groups is 2. The lowest BCUT2D eigenvalue weighted by molar-refractivity contribution is -0.139. The lowest BCUT2D eigenvalue weighted by Gasteiger charge is -2.24. The van der Waals surface area contributed by atoms with E-state index in [1.807, 2.05) is 13.8 Å². The zero-order chi connectivity index (χ0) is 11.8. The van der Waals surface area contributed by atoms with Gasteiger partial charge in [0.15, 0.2) is 0 Å². The molecule has 0 bridgehead atoms. The molecular weight excluding hydrogens is 196 g/mol. The Bertz CT molecular complexity index is 215. The van der Waals surface area contributed by atoms with E-state index < -0.39 is 5.97 Å². The summed E-state index contributed by atoms with van der Waals surface area (Å²) in [6, 6.07) is 0. The van der Waals surface area contributed by atoms with Crippen LogP contribution in [0.3, 0.4) is 0 Å². The molecule has 0 spiro atoms. The van der Waals surface area contributed by atoms with Gasteiger partial charge in [-0.3, -0.25) is 9.59 Å². The van der Waals surface area contributed by atoms with Gasteiger partial charge in [-0.25, -0.2) is 0 Å². The van der Waals surface area contributed by atoms with Gasteiger partial charge in [0.25, 0.3) is 0 Å². The van der Waals surface area contributed by atoms with Crippen LogP contribution in [0.5, 0.6) is 0 Å². The zero-order valence-electron chi connectivity index (χ0n) is 9.40. The quantitative estimate of drug-likeness (QED) is 0.641. The Kier molecular flexibility index (Phi) is 6.70. The molecule has 0 aliphatic rings. The normalized spacial score (nSPS) is 12.2. The molecule has 0 aromatic carbocycles. The Morgan fingerprint density at radius 1 is 1.40 bits per heavy atom. The van der Waals surface area contributed by atoms with Gasteiger partial charge < -0.3 is 15.7 Å². The molecule has 1 unspecified atom stereocenters. The van der Waals surface area contributed by atoms with E-state index in [1.165, 1.54) is 0 Å². The highest BCUT2D eigenvalue weighted by Gasteiger charge is 2.20. The minimum absolute atomic E-state index is 0.0133. The average Bonchev–Trinajstić information content (AvgIpc) is 2.20. The topological polar surface area (TPSA) is 83.6 Å². The number of hydrogen-bond acceptors (Lipinski definition) is 3. The molecule has 0 rings (SSSR count). The molecular formula is C10H20N2O3. The standard InChI is InChI=1S/C10H20N2O3/c1-3-8(7-11)10(15)12(4-2)6-5-9(13)14/h8H,3-7,11H2,1-2H3,(H,13,14). The highest BCUT2D eigenvalue weighted by atomic mass is 16.4. The molecule has 0 aliphatic heterocycles. The van der Waals surface area contributed by atoms with Crippen LogP contribution in [0.2, 0.25) is 0 Å². The Morgan fingerprint density at radius 3 is 2.33 bits per heavy atom. The number of carboxylic acid groups (broad SMARTS) is 1. The molecule has 0 aromatic heterocycles. The van der Waals surface area contributed by atoms with Crippen molar-refractivity contribution in [2.75, 3.05) is 19.6 Å². The molecule has 3 N–H and O–H groups in total. The van der Waals surface area contributed by atoms with E-state index in [9.17, 15) is 9.59 Å². The Morgan fingerprint density at radius 2 is 2.00 bits per heavy atom. The maximum atomic E-state index is 11.8. The van der Waals surface area contributed by atoms with Gasteiger partial charge in [-0.15, -0.1) is 0 Å². The smallest absolute Gasteiger partial charge is 0.305 e. The lowest BCUT2D eigenvalue weighted by atomic mass is 10.1. The van der Waals surface area contributed by atoms with Crippen molar-refractivity contribution in [1.82, 2.24) is 4.90 Å². The predicted octanol–water partition coefficient (Wildman–Crippen LogP) is 0.294. The van der Waals surface area contributed by atoms with Crippen LogP contribution in [0.1, 0.15) is 26.7 Å². The number of rotatable bonds is 7. The van der Waals surface area contributed by atoms with Crippen LogP contribution in [0.15, 0.2) is 0 Å². The van der Waals surface area contributed by atoms with Gasteiger partial charge in [0.05, 0.1) is 12.3 Å². The van der Waals surface area contributed by atoms with E-state index in [4.69, 9.17) is 10.8 Å². The number of carboxylic acids is 1. The highest BCUT2D eigenvalue weighted by molar-refractivity contribution is 5.79. The number of carbonyl (C=O) groups excluding carboxylic acids is 1. The molecule has 0 saturated carbocycles. The summed E-state index contributed by atoms with van der Waals surface area (Å²) >= 11 is 0.